The number of rotatable bonds is 1. The lowest BCUT2D eigenvalue weighted by Crippen LogP contribution is -2.60. The first-order valence-electron chi connectivity index (χ1n) is 8.42. The van der Waals surface area contributed by atoms with Crippen LogP contribution in [-0.2, 0) is 0 Å². The molecule has 0 heteroatoms. The van der Waals surface area contributed by atoms with Crippen LogP contribution < -0.4 is 0 Å². The van der Waals surface area contributed by atoms with Crippen molar-refractivity contribution in [2.75, 3.05) is 0 Å². The molecule has 0 aromatic heterocycles. The smallest absolute Gasteiger partial charge is 0.0104 e. The van der Waals surface area contributed by atoms with Gasteiger partial charge in [-0.25, -0.2) is 0 Å². The molecule has 0 heterocycles. The summed E-state index contributed by atoms with van der Waals surface area (Å²) in [4.78, 5) is 0. The van der Waals surface area contributed by atoms with Gasteiger partial charge in [0.1, 0.15) is 0 Å². The maximum atomic E-state index is 4.22. The van der Waals surface area contributed by atoms with Crippen LogP contribution in [0.2, 0.25) is 0 Å². The third-order valence-electron chi connectivity index (χ3n) is 5.95. The van der Waals surface area contributed by atoms with Gasteiger partial charge in [0.05, 0.1) is 0 Å². The van der Waals surface area contributed by atoms with Crippen LogP contribution in [0.25, 0.3) is 0 Å². The minimum absolute atomic E-state index is 0.280. The lowest BCUT2D eigenvalue weighted by molar-refractivity contribution is -0.171. The van der Waals surface area contributed by atoms with Gasteiger partial charge < -0.3 is 0 Å². The Morgan fingerprint density at radius 1 is 0.850 bits per heavy atom. The predicted octanol–water partition coefficient (Wildman–Crippen LogP) is 6.71. The number of hydrogen-bond donors (Lipinski definition) is 0. The second-order valence-electron chi connectivity index (χ2n) is 10.1. The standard InChI is InChI=1S/C20H38/c1-11-15-13-12-14-16(17(2,3)4)20(15,18(5,6)7)19(8,9)10/h11,15-16H,1,12-14H2,2-10H3. The van der Waals surface area contributed by atoms with Crippen molar-refractivity contribution in [3.63, 3.8) is 0 Å². The van der Waals surface area contributed by atoms with Crippen LogP contribution >= 0.6 is 0 Å². The molecule has 1 aliphatic rings. The Bertz CT molecular complexity index is 326. The SMILES string of the molecule is C=CC1CCCC(C(C)(C)C)C1(C(C)(C)C)C(C)(C)C. The molecule has 20 heavy (non-hydrogen) atoms. The molecule has 0 aliphatic heterocycles. The third-order valence-corrected chi connectivity index (χ3v) is 5.95. The van der Waals surface area contributed by atoms with Gasteiger partial charge in [0.15, 0.2) is 0 Å². The average molecular weight is 279 g/mol. The van der Waals surface area contributed by atoms with Gasteiger partial charge in [-0.15, -0.1) is 6.58 Å². The topological polar surface area (TPSA) is 0 Å². The molecule has 0 aromatic carbocycles. The molecule has 1 saturated carbocycles. The highest BCUT2D eigenvalue weighted by molar-refractivity contribution is 5.13. The molecule has 1 fully saturated rings. The first-order valence-corrected chi connectivity index (χ1v) is 8.42. The predicted molar refractivity (Wildman–Crippen MR) is 91.8 cm³/mol. The fourth-order valence-electron chi connectivity index (χ4n) is 5.96. The Kier molecular flexibility index (Phi) is 4.61. The minimum Gasteiger partial charge on any atom is -0.103 e. The Balaban J connectivity index is 3.62. The molecule has 2 unspecified atom stereocenters. The van der Waals surface area contributed by atoms with Gasteiger partial charge in [-0.2, -0.15) is 0 Å². The summed E-state index contributed by atoms with van der Waals surface area (Å²) in [5, 5.41) is 0. The van der Waals surface area contributed by atoms with Crippen molar-refractivity contribution in [3.8, 4) is 0 Å². The van der Waals surface area contributed by atoms with E-state index in [9.17, 15) is 0 Å². The molecule has 0 nitrogen and oxygen atoms in total. The monoisotopic (exact) mass is 278 g/mol. The van der Waals surface area contributed by atoms with Gasteiger partial charge in [-0.1, -0.05) is 74.8 Å². The molecule has 0 amide bonds. The summed E-state index contributed by atoms with van der Waals surface area (Å²) in [6.07, 6.45) is 6.30. The largest absolute Gasteiger partial charge is 0.103 e. The van der Waals surface area contributed by atoms with E-state index >= 15 is 0 Å². The summed E-state index contributed by atoms with van der Waals surface area (Å²) in [6, 6.07) is 0. The van der Waals surface area contributed by atoms with E-state index in [0.717, 1.165) is 5.92 Å². The van der Waals surface area contributed by atoms with E-state index in [0.29, 0.717) is 16.7 Å². The van der Waals surface area contributed by atoms with Gasteiger partial charge in [0.2, 0.25) is 0 Å². The van der Waals surface area contributed by atoms with Gasteiger partial charge in [-0.05, 0) is 46.3 Å². The molecular formula is C20H38. The number of hydrogen-bond acceptors (Lipinski definition) is 0. The highest BCUT2D eigenvalue weighted by Crippen LogP contribution is 2.68. The van der Waals surface area contributed by atoms with Gasteiger partial charge in [0.25, 0.3) is 0 Å². The molecule has 2 atom stereocenters. The normalized spacial score (nSPS) is 28.2. The van der Waals surface area contributed by atoms with E-state index in [1.807, 2.05) is 0 Å². The highest BCUT2D eigenvalue weighted by Gasteiger charge is 2.61. The first kappa shape index (κ1) is 17.8. The van der Waals surface area contributed by atoms with Crippen LogP contribution in [0.4, 0.5) is 0 Å². The van der Waals surface area contributed by atoms with Crippen molar-refractivity contribution >= 4 is 0 Å². The first-order chi connectivity index (χ1) is 8.80. The molecule has 0 aromatic rings. The van der Waals surface area contributed by atoms with Crippen LogP contribution in [0.15, 0.2) is 12.7 Å². The fourth-order valence-corrected chi connectivity index (χ4v) is 5.96. The van der Waals surface area contributed by atoms with Crippen molar-refractivity contribution < 1.29 is 0 Å². The van der Waals surface area contributed by atoms with Gasteiger partial charge >= 0.3 is 0 Å². The molecule has 0 N–H and O–H groups in total. The van der Waals surface area contributed by atoms with Gasteiger partial charge in [0, 0.05) is 0 Å². The molecule has 0 spiro atoms. The molecule has 1 aliphatic carbocycles. The molecule has 0 saturated heterocycles. The van der Waals surface area contributed by atoms with E-state index in [1.165, 1.54) is 19.3 Å². The summed E-state index contributed by atoms with van der Waals surface area (Å²) in [6.45, 7) is 26.3. The average Bonchev–Trinajstić information content (AvgIpc) is 2.23. The van der Waals surface area contributed by atoms with Crippen LogP contribution in [0.1, 0.15) is 81.6 Å². The summed E-state index contributed by atoms with van der Waals surface area (Å²) in [7, 11) is 0. The van der Waals surface area contributed by atoms with E-state index in [4.69, 9.17) is 0 Å². The van der Waals surface area contributed by atoms with Crippen molar-refractivity contribution in [1.29, 1.82) is 0 Å². The summed E-state index contributed by atoms with van der Waals surface area (Å²) < 4.78 is 0. The Morgan fingerprint density at radius 2 is 1.30 bits per heavy atom. The molecule has 1 rings (SSSR count). The molecule has 118 valence electrons. The zero-order chi connectivity index (χ0) is 16.0. The summed E-state index contributed by atoms with van der Waals surface area (Å²) >= 11 is 0. The molecular weight excluding hydrogens is 240 g/mol. The quantitative estimate of drug-likeness (QED) is 0.467. The second-order valence-corrected chi connectivity index (χ2v) is 10.1. The Hall–Kier alpha value is -0.260. The minimum atomic E-state index is 0.280. The zero-order valence-corrected chi connectivity index (χ0v) is 15.6. The van der Waals surface area contributed by atoms with E-state index < -0.39 is 0 Å². The highest BCUT2D eigenvalue weighted by atomic mass is 14.7. The van der Waals surface area contributed by atoms with Crippen molar-refractivity contribution in [2.45, 2.75) is 81.6 Å². The van der Waals surface area contributed by atoms with Crippen molar-refractivity contribution in [3.05, 3.63) is 12.7 Å². The van der Waals surface area contributed by atoms with Gasteiger partial charge in [-0.3, -0.25) is 0 Å². The Labute approximate surface area is 128 Å². The van der Waals surface area contributed by atoms with Crippen molar-refractivity contribution in [2.24, 2.45) is 33.5 Å². The zero-order valence-electron chi connectivity index (χ0n) is 15.6. The maximum absolute atomic E-state index is 4.22. The maximum Gasteiger partial charge on any atom is -0.0104 e. The van der Waals surface area contributed by atoms with Crippen LogP contribution in [0.3, 0.4) is 0 Å². The fraction of sp³-hybridized carbons (Fsp3) is 0.900. The molecule has 0 radical (unpaired) electrons. The van der Waals surface area contributed by atoms with Crippen LogP contribution in [0.5, 0.6) is 0 Å². The van der Waals surface area contributed by atoms with E-state index in [1.54, 1.807) is 0 Å². The summed E-state index contributed by atoms with van der Waals surface area (Å²) in [5.41, 5.74) is 1.21. The second kappa shape index (κ2) is 5.18. The number of allylic oxidation sites excluding steroid dienone is 1. The third kappa shape index (κ3) is 2.60. The van der Waals surface area contributed by atoms with E-state index in [2.05, 4.69) is 75.0 Å². The lowest BCUT2D eigenvalue weighted by Gasteiger charge is -2.66. The van der Waals surface area contributed by atoms with Crippen LogP contribution in [-0.4, -0.2) is 0 Å². The Morgan fingerprint density at radius 3 is 1.60 bits per heavy atom. The van der Waals surface area contributed by atoms with E-state index in [-0.39, 0.29) is 10.8 Å². The molecule has 0 bridgehead atoms. The van der Waals surface area contributed by atoms with Crippen LogP contribution in [0, 0.1) is 33.5 Å². The van der Waals surface area contributed by atoms with Crippen molar-refractivity contribution in [1.82, 2.24) is 0 Å². The lowest BCUT2D eigenvalue weighted by atomic mass is 9.38. The summed E-state index contributed by atoms with van der Waals surface area (Å²) in [5.74, 6) is 1.37.